The lowest BCUT2D eigenvalue weighted by molar-refractivity contribution is 0.228. The quantitative estimate of drug-likeness (QED) is 0.669. The molecule has 2 unspecified atom stereocenters. The molecule has 3 heteroatoms. The molecular weight excluding hydrogens is 176 g/mol. The van der Waals surface area contributed by atoms with Gasteiger partial charge in [-0.25, -0.2) is 0 Å². The van der Waals surface area contributed by atoms with Crippen molar-refractivity contribution in [3.05, 3.63) is 0 Å². The van der Waals surface area contributed by atoms with Gasteiger partial charge in [-0.05, 0) is 31.7 Å². The minimum atomic E-state index is -0.313. The van der Waals surface area contributed by atoms with Crippen molar-refractivity contribution in [3.63, 3.8) is 0 Å². The Balaban J connectivity index is 2.44. The summed E-state index contributed by atoms with van der Waals surface area (Å²) in [5.74, 6) is 0.644. The molecule has 1 aliphatic rings. The summed E-state index contributed by atoms with van der Waals surface area (Å²) in [6.45, 7) is 3.15. The van der Waals surface area contributed by atoms with Crippen molar-refractivity contribution in [3.8, 4) is 6.07 Å². The fraction of sp³-hybridized carbons (Fsp3) is 0.909. The second kappa shape index (κ2) is 5.33. The van der Waals surface area contributed by atoms with Crippen LogP contribution in [-0.4, -0.2) is 23.8 Å². The second-order valence-corrected chi connectivity index (χ2v) is 4.40. The van der Waals surface area contributed by atoms with E-state index in [4.69, 9.17) is 5.11 Å². The molecule has 2 atom stereocenters. The third-order valence-electron chi connectivity index (χ3n) is 3.01. The van der Waals surface area contributed by atoms with Crippen molar-refractivity contribution < 1.29 is 5.11 Å². The van der Waals surface area contributed by atoms with E-state index in [2.05, 4.69) is 18.3 Å². The molecule has 0 saturated heterocycles. The minimum absolute atomic E-state index is 0.198. The summed E-state index contributed by atoms with van der Waals surface area (Å²) in [6.07, 6.45) is 5.03. The number of rotatable bonds is 4. The maximum absolute atomic E-state index is 9.18. The topological polar surface area (TPSA) is 56.0 Å². The molecule has 0 aromatic rings. The van der Waals surface area contributed by atoms with Crippen LogP contribution in [-0.2, 0) is 0 Å². The molecule has 0 spiro atoms. The molecule has 1 rings (SSSR count). The number of nitrogens with zero attached hydrogens (tertiary/aromatic N) is 1. The average Bonchev–Trinajstić information content (AvgIpc) is 2.18. The van der Waals surface area contributed by atoms with Crippen LogP contribution in [0.25, 0.3) is 0 Å². The molecule has 0 aromatic carbocycles. The molecular formula is C11H20N2O. The highest BCUT2D eigenvalue weighted by molar-refractivity contribution is 5.09. The van der Waals surface area contributed by atoms with Gasteiger partial charge in [0.05, 0.1) is 6.07 Å². The lowest BCUT2D eigenvalue weighted by Crippen LogP contribution is -2.47. The Morgan fingerprint density at radius 3 is 3.00 bits per heavy atom. The molecule has 0 heterocycles. The standard InChI is InChI=1S/C11H20N2O/c1-10-4-2-5-11(8-10,9-12)13-6-3-7-14/h10,13-14H,2-8H2,1H3. The Morgan fingerprint density at radius 1 is 1.64 bits per heavy atom. The zero-order valence-electron chi connectivity index (χ0n) is 8.92. The van der Waals surface area contributed by atoms with Crippen LogP contribution in [0, 0.1) is 17.2 Å². The first-order valence-electron chi connectivity index (χ1n) is 5.49. The highest BCUT2D eigenvalue weighted by atomic mass is 16.3. The van der Waals surface area contributed by atoms with E-state index < -0.39 is 0 Å². The Hall–Kier alpha value is -0.590. The van der Waals surface area contributed by atoms with Crippen molar-refractivity contribution in [1.29, 1.82) is 5.26 Å². The van der Waals surface area contributed by atoms with Crippen LogP contribution in [0.1, 0.15) is 39.0 Å². The van der Waals surface area contributed by atoms with E-state index in [0.29, 0.717) is 5.92 Å². The van der Waals surface area contributed by atoms with Crippen LogP contribution < -0.4 is 5.32 Å². The third kappa shape index (κ3) is 2.97. The molecule has 0 aliphatic heterocycles. The van der Waals surface area contributed by atoms with Gasteiger partial charge >= 0.3 is 0 Å². The largest absolute Gasteiger partial charge is 0.396 e. The van der Waals surface area contributed by atoms with Gasteiger partial charge < -0.3 is 5.11 Å². The maximum Gasteiger partial charge on any atom is 0.107 e. The van der Waals surface area contributed by atoms with Crippen LogP contribution in [0.15, 0.2) is 0 Å². The number of nitrogens with one attached hydrogen (secondary N) is 1. The van der Waals surface area contributed by atoms with Gasteiger partial charge in [-0.1, -0.05) is 19.8 Å². The van der Waals surface area contributed by atoms with E-state index in [1.54, 1.807) is 0 Å². The van der Waals surface area contributed by atoms with Crippen molar-refractivity contribution in [2.45, 2.75) is 44.6 Å². The fourth-order valence-electron chi connectivity index (χ4n) is 2.26. The molecule has 2 N–H and O–H groups in total. The summed E-state index contributed by atoms with van der Waals surface area (Å²) in [6, 6.07) is 2.41. The van der Waals surface area contributed by atoms with E-state index >= 15 is 0 Å². The number of hydrogen-bond acceptors (Lipinski definition) is 3. The Bertz CT molecular complexity index is 212. The predicted octanol–water partition coefficient (Wildman–Crippen LogP) is 1.43. The predicted molar refractivity (Wildman–Crippen MR) is 55.7 cm³/mol. The van der Waals surface area contributed by atoms with Gasteiger partial charge in [0.15, 0.2) is 0 Å². The molecule has 0 amide bonds. The smallest absolute Gasteiger partial charge is 0.107 e. The number of nitriles is 1. The monoisotopic (exact) mass is 196 g/mol. The van der Waals surface area contributed by atoms with Crippen molar-refractivity contribution in [1.82, 2.24) is 5.32 Å². The van der Waals surface area contributed by atoms with E-state index in [-0.39, 0.29) is 12.1 Å². The molecule has 0 bridgehead atoms. The molecule has 3 nitrogen and oxygen atoms in total. The van der Waals surface area contributed by atoms with Gasteiger partial charge in [0.25, 0.3) is 0 Å². The van der Waals surface area contributed by atoms with E-state index in [1.165, 1.54) is 6.42 Å². The van der Waals surface area contributed by atoms with Gasteiger partial charge in [-0.15, -0.1) is 0 Å². The van der Waals surface area contributed by atoms with Gasteiger partial charge in [0.1, 0.15) is 5.54 Å². The Morgan fingerprint density at radius 2 is 2.43 bits per heavy atom. The lowest BCUT2D eigenvalue weighted by Gasteiger charge is -2.35. The van der Waals surface area contributed by atoms with Gasteiger partial charge in [-0.3, -0.25) is 5.32 Å². The first-order valence-corrected chi connectivity index (χ1v) is 5.49. The SMILES string of the molecule is CC1CCCC(C#N)(NCCCO)C1. The number of aliphatic hydroxyl groups is 1. The molecule has 0 radical (unpaired) electrons. The summed E-state index contributed by atoms with van der Waals surface area (Å²) in [5, 5.41) is 21.2. The van der Waals surface area contributed by atoms with E-state index in [9.17, 15) is 5.26 Å². The number of hydrogen-bond donors (Lipinski definition) is 2. The molecule has 80 valence electrons. The van der Waals surface area contributed by atoms with Crippen LogP contribution in [0.5, 0.6) is 0 Å². The van der Waals surface area contributed by atoms with E-state index in [1.807, 2.05) is 0 Å². The molecule has 1 saturated carbocycles. The average molecular weight is 196 g/mol. The van der Waals surface area contributed by atoms with Gasteiger partial charge in [0, 0.05) is 6.61 Å². The molecule has 1 fully saturated rings. The summed E-state index contributed by atoms with van der Waals surface area (Å²) in [5.41, 5.74) is -0.313. The normalized spacial score (nSPS) is 32.5. The summed E-state index contributed by atoms with van der Waals surface area (Å²) in [4.78, 5) is 0. The van der Waals surface area contributed by atoms with Crippen LogP contribution in [0.2, 0.25) is 0 Å². The summed E-state index contributed by atoms with van der Waals surface area (Å²) in [7, 11) is 0. The fourth-order valence-corrected chi connectivity index (χ4v) is 2.26. The summed E-state index contributed by atoms with van der Waals surface area (Å²) >= 11 is 0. The highest BCUT2D eigenvalue weighted by Gasteiger charge is 2.34. The Kier molecular flexibility index (Phi) is 4.37. The van der Waals surface area contributed by atoms with Gasteiger partial charge in [-0.2, -0.15) is 5.26 Å². The first-order chi connectivity index (χ1) is 6.72. The molecule has 14 heavy (non-hydrogen) atoms. The lowest BCUT2D eigenvalue weighted by atomic mass is 9.77. The zero-order chi connectivity index (χ0) is 10.4. The highest BCUT2D eigenvalue weighted by Crippen LogP contribution is 2.31. The van der Waals surface area contributed by atoms with Crippen molar-refractivity contribution in [2.75, 3.05) is 13.2 Å². The number of aliphatic hydroxyl groups excluding tert-OH is 1. The van der Waals surface area contributed by atoms with Crippen molar-refractivity contribution >= 4 is 0 Å². The van der Waals surface area contributed by atoms with Crippen LogP contribution in [0.3, 0.4) is 0 Å². The van der Waals surface area contributed by atoms with E-state index in [0.717, 1.165) is 32.2 Å². The molecule has 0 aromatic heterocycles. The van der Waals surface area contributed by atoms with Gasteiger partial charge in [0.2, 0.25) is 0 Å². The van der Waals surface area contributed by atoms with Crippen LogP contribution >= 0.6 is 0 Å². The third-order valence-corrected chi connectivity index (χ3v) is 3.01. The first kappa shape index (κ1) is 11.5. The maximum atomic E-state index is 9.18. The zero-order valence-corrected chi connectivity index (χ0v) is 8.92. The second-order valence-electron chi connectivity index (χ2n) is 4.40. The van der Waals surface area contributed by atoms with Crippen molar-refractivity contribution in [2.24, 2.45) is 5.92 Å². The summed E-state index contributed by atoms with van der Waals surface area (Å²) < 4.78 is 0. The molecule has 1 aliphatic carbocycles. The van der Waals surface area contributed by atoms with Crippen LogP contribution in [0.4, 0.5) is 0 Å². The minimum Gasteiger partial charge on any atom is -0.396 e. The Labute approximate surface area is 86.1 Å².